The maximum atomic E-state index is 12.7. The van der Waals surface area contributed by atoms with E-state index in [1.54, 1.807) is 26.5 Å². The second-order valence-corrected chi connectivity index (χ2v) is 10.4. The van der Waals surface area contributed by atoms with E-state index in [-0.39, 0.29) is 11.7 Å². The standard InChI is InChI=1S/C33H31N5O4S/c1-23-9-12-26(13-10-23)32-36-37-33(38(32)27-14-16-28(40-2)17-15-27)43-22-31(39)35-34-20-25-11-18-29(41-3)30(19-25)42-21-24-7-5-4-6-8-24/h4-20H,21-22H2,1-3H3,(H,35,39)/b34-20+. The third-order valence-corrected chi connectivity index (χ3v) is 7.36. The Kier molecular flexibility index (Phi) is 9.71. The fourth-order valence-corrected chi connectivity index (χ4v) is 4.92. The monoisotopic (exact) mass is 593 g/mol. The number of amides is 1. The highest BCUT2D eigenvalue weighted by Crippen LogP contribution is 2.30. The molecule has 1 aromatic heterocycles. The number of aryl methyl sites for hydroxylation is 1. The largest absolute Gasteiger partial charge is 0.497 e. The minimum Gasteiger partial charge on any atom is -0.497 e. The van der Waals surface area contributed by atoms with Crippen molar-refractivity contribution in [2.24, 2.45) is 5.10 Å². The number of benzene rings is 4. The van der Waals surface area contributed by atoms with Gasteiger partial charge in [-0.3, -0.25) is 9.36 Å². The van der Waals surface area contributed by atoms with Crippen molar-refractivity contribution in [1.82, 2.24) is 20.2 Å². The highest BCUT2D eigenvalue weighted by atomic mass is 32.2. The molecule has 0 saturated carbocycles. The summed E-state index contributed by atoms with van der Waals surface area (Å²) in [6.45, 7) is 2.44. The van der Waals surface area contributed by atoms with Crippen molar-refractivity contribution < 1.29 is 19.0 Å². The predicted molar refractivity (Wildman–Crippen MR) is 168 cm³/mol. The number of hydrazone groups is 1. The summed E-state index contributed by atoms with van der Waals surface area (Å²) >= 11 is 1.27. The Labute approximate surface area is 254 Å². The van der Waals surface area contributed by atoms with Crippen molar-refractivity contribution in [3.8, 4) is 34.3 Å². The number of nitrogens with zero attached hydrogens (tertiary/aromatic N) is 4. The lowest BCUT2D eigenvalue weighted by molar-refractivity contribution is -0.118. The van der Waals surface area contributed by atoms with Crippen LogP contribution in [-0.4, -0.2) is 46.9 Å². The molecule has 10 heteroatoms. The molecule has 0 unspecified atom stereocenters. The Morgan fingerprint density at radius 2 is 1.67 bits per heavy atom. The van der Waals surface area contributed by atoms with Crippen LogP contribution in [0.5, 0.6) is 17.2 Å². The molecule has 5 aromatic rings. The Morgan fingerprint density at radius 3 is 2.40 bits per heavy atom. The molecule has 0 bridgehead atoms. The summed E-state index contributed by atoms with van der Waals surface area (Å²) in [4.78, 5) is 12.7. The van der Waals surface area contributed by atoms with Crippen molar-refractivity contribution in [1.29, 1.82) is 0 Å². The van der Waals surface area contributed by atoms with Gasteiger partial charge < -0.3 is 14.2 Å². The predicted octanol–water partition coefficient (Wildman–Crippen LogP) is 6.08. The van der Waals surface area contributed by atoms with E-state index < -0.39 is 0 Å². The molecular formula is C33H31N5O4S. The summed E-state index contributed by atoms with van der Waals surface area (Å²) in [7, 11) is 3.22. The van der Waals surface area contributed by atoms with Gasteiger partial charge in [-0.25, -0.2) is 5.43 Å². The number of ether oxygens (including phenoxy) is 3. The maximum absolute atomic E-state index is 12.7. The molecule has 0 spiro atoms. The van der Waals surface area contributed by atoms with Gasteiger partial charge in [0.2, 0.25) is 0 Å². The molecule has 5 rings (SSSR count). The van der Waals surface area contributed by atoms with Gasteiger partial charge in [-0.05, 0) is 60.5 Å². The van der Waals surface area contributed by atoms with Crippen molar-refractivity contribution in [2.75, 3.05) is 20.0 Å². The van der Waals surface area contributed by atoms with Crippen LogP contribution in [0.3, 0.4) is 0 Å². The van der Waals surface area contributed by atoms with E-state index in [9.17, 15) is 4.79 Å². The lowest BCUT2D eigenvalue weighted by Crippen LogP contribution is -2.20. The molecule has 0 aliphatic heterocycles. The molecule has 218 valence electrons. The molecule has 0 aliphatic carbocycles. The third kappa shape index (κ3) is 7.60. The van der Waals surface area contributed by atoms with E-state index in [1.807, 2.05) is 102 Å². The van der Waals surface area contributed by atoms with Gasteiger partial charge >= 0.3 is 0 Å². The van der Waals surface area contributed by atoms with Crippen LogP contribution in [-0.2, 0) is 11.4 Å². The Hall–Kier alpha value is -5.09. The van der Waals surface area contributed by atoms with E-state index in [1.165, 1.54) is 11.8 Å². The molecule has 1 amide bonds. The van der Waals surface area contributed by atoms with Gasteiger partial charge in [0.05, 0.1) is 26.2 Å². The van der Waals surface area contributed by atoms with Gasteiger partial charge in [0.25, 0.3) is 5.91 Å². The van der Waals surface area contributed by atoms with E-state index in [2.05, 4.69) is 20.7 Å². The van der Waals surface area contributed by atoms with Gasteiger partial charge in [-0.2, -0.15) is 5.10 Å². The average molecular weight is 594 g/mol. The van der Waals surface area contributed by atoms with Crippen LogP contribution in [0.25, 0.3) is 17.1 Å². The number of carbonyl (C=O) groups is 1. The molecule has 0 saturated heterocycles. The van der Waals surface area contributed by atoms with Crippen molar-refractivity contribution in [3.63, 3.8) is 0 Å². The molecule has 4 aromatic carbocycles. The van der Waals surface area contributed by atoms with E-state index in [4.69, 9.17) is 14.2 Å². The average Bonchev–Trinajstić information content (AvgIpc) is 3.47. The Bertz CT molecular complexity index is 1690. The van der Waals surface area contributed by atoms with Crippen LogP contribution in [0, 0.1) is 6.92 Å². The fourth-order valence-electron chi connectivity index (χ4n) is 4.18. The quantitative estimate of drug-likeness (QED) is 0.106. The van der Waals surface area contributed by atoms with E-state index in [0.29, 0.717) is 29.1 Å². The van der Waals surface area contributed by atoms with E-state index in [0.717, 1.165) is 33.7 Å². The number of rotatable bonds is 12. The first-order chi connectivity index (χ1) is 21.0. The van der Waals surface area contributed by atoms with Crippen LogP contribution in [0.15, 0.2) is 107 Å². The number of nitrogens with one attached hydrogen (secondary N) is 1. The molecule has 0 radical (unpaired) electrons. The van der Waals surface area contributed by atoms with Crippen LogP contribution in [0.2, 0.25) is 0 Å². The van der Waals surface area contributed by atoms with Gasteiger partial charge in [0, 0.05) is 11.3 Å². The Balaban J connectivity index is 1.25. The normalized spacial score (nSPS) is 11.0. The van der Waals surface area contributed by atoms with Crippen LogP contribution >= 0.6 is 11.8 Å². The summed E-state index contributed by atoms with van der Waals surface area (Å²) in [5, 5.41) is 13.6. The number of aromatic nitrogens is 3. The zero-order valence-corrected chi connectivity index (χ0v) is 24.9. The molecule has 0 aliphatic rings. The maximum Gasteiger partial charge on any atom is 0.250 e. The lowest BCUT2D eigenvalue weighted by Gasteiger charge is -2.11. The van der Waals surface area contributed by atoms with Gasteiger partial charge in [-0.15, -0.1) is 10.2 Å². The minimum atomic E-state index is -0.281. The van der Waals surface area contributed by atoms with Gasteiger partial charge in [-0.1, -0.05) is 71.9 Å². The summed E-state index contributed by atoms with van der Waals surface area (Å²) < 4.78 is 18.6. The molecule has 43 heavy (non-hydrogen) atoms. The SMILES string of the molecule is COc1ccc(-n2c(SCC(=O)N/N=C/c3ccc(OC)c(OCc4ccccc4)c3)nnc2-c2ccc(C)cc2)cc1. The van der Waals surface area contributed by atoms with Crippen molar-refractivity contribution in [2.45, 2.75) is 18.7 Å². The zero-order chi connectivity index (χ0) is 30.0. The molecule has 0 fully saturated rings. The number of carbonyl (C=O) groups excluding carboxylic acids is 1. The minimum absolute atomic E-state index is 0.0908. The van der Waals surface area contributed by atoms with Gasteiger partial charge in [0.15, 0.2) is 22.5 Å². The second kappa shape index (κ2) is 14.2. The fraction of sp³-hybridized carbons (Fsp3) is 0.152. The molecule has 0 atom stereocenters. The van der Waals surface area contributed by atoms with Crippen molar-refractivity contribution >= 4 is 23.9 Å². The second-order valence-electron chi connectivity index (χ2n) is 9.47. The van der Waals surface area contributed by atoms with Crippen LogP contribution in [0.4, 0.5) is 0 Å². The van der Waals surface area contributed by atoms with E-state index >= 15 is 0 Å². The Morgan fingerprint density at radius 1 is 0.907 bits per heavy atom. The smallest absolute Gasteiger partial charge is 0.250 e. The lowest BCUT2D eigenvalue weighted by atomic mass is 10.1. The zero-order valence-electron chi connectivity index (χ0n) is 24.1. The molecular weight excluding hydrogens is 562 g/mol. The molecule has 1 N–H and O–H groups in total. The van der Waals surface area contributed by atoms with Crippen molar-refractivity contribution in [3.05, 3.63) is 114 Å². The highest BCUT2D eigenvalue weighted by Gasteiger charge is 2.17. The topological polar surface area (TPSA) is 99.9 Å². The molecule has 9 nitrogen and oxygen atoms in total. The first-order valence-corrected chi connectivity index (χ1v) is 14.5. The van der Waals surface area contributed by atoms with Crippen LogP contribution in [0.1, 0.15) is 16.7 Å². The number of thioether (sulfide) groups is 1. The summed E-state index contributed by atoms with van der Waals surface area (Å²) in [5.41, 5.74) is 7.30. The summed E-state index contributed by atoms with van der Waals surface area (Å²) in [6.07, 6.45) is 1.56. The number of methoxy groups -OCH3 is 2. The highest BCUT2D eigenvalue weighted by molar-refractivity contribution is 7.99. The van der Waals surface area contributed by atoms with Crippen LogP contribution < -0.4 is 19.6 Å². The first kappa shape index (κ1) is 29.4. The molecule has 1 heterocycles. The third-order valence-electron chi connectivity index (χ3n) is 6.43. The summed E-state index contributed by atoms with van der Waals surface area (Å²) in [6, 6.07) is 31.0. The summed E-state index contributed by atoms with van der Waals surface area (Å²) in [5.74, 6) is 2.42. The number of hydrogen-bond acceptors (Lipinski definition) is 8. The first-order valence-electron chi connectivity index (χ1n) is 13.5. The number of hydrogen-bond donors (Lipinski definition) is 1. The van der Waals surface area contributed by atoms with Gasteiger partial charge in [0.1, 0.15) is 12.4 Å².